The third kappa shape index (κ3) is 48.1. The van der Waals surface area contributed by atoms with Gasteiger partial charge in [0, 0.05) is 6.54 Å². The van der Waals surface area contributed by atoms with Crippen LogP contribution in [0.1, 0.15) is 0 Å². The van der Waals surface area contributed by atoms with Crippen molar-refractivity contribution in [1.82, 2.24) is 0 Å². The Morgan fingerprint density at radius 3 is 1.46 bits per heavy atom. The molecule has 0 aliphatic rings. The third-order valence-electron chi connectivity index (χ3n) is 0.843. The molecule has 0 unspecified atom stereocenters. The second kappa shape index (κ2) is 14.5. The lowest BCUT2D eigenvalue weighted by Crippen LogP contribution is -3.00. The molecule has 0 fully saturated rings. The van der Waals surface area contributed by atoms with Crippen molar-refractivity contribution in [2.24, 2.45) is 5.73 Å². The average molecular weight is 229 g/mol. The van der Waals surface area contributed by atoms with Crippen molar-refractivity contribution in [3.05, 3.63) is 25.3 Å². The lowest BCUT2D eigenvalue weighted by Gasteiger charge is -2.21. The van der Waals surface area contributed by atoms with E-state index in [0.29, 0.717) is 6.54 Å². The minimum absolute atomic E-state index is 0. The van der Waals surface area contributed by atoms with Crippen LogP contribution < -0.4 is 18.1 Å². The molecule has 0 amide bonds. The smallest absolute Gasteiger partial charge is 0.0964 e. The van der Waals surface area contributed by atoms with E-state index in [1.54, 1.807) is 6.08 Å². The standard InChI is InChI=1S/C6H14N.C3H7N.2ClH/c1-5-6-7(2,3)4;1-2-3-4;;/h5H,1,6H2,2-4H3;2H,1,3-4H2;2*1H/q+1;;;/p-1. The summed E-state index contributed by atoms with van der Waals surface area (Å²) in [4.78, 5) is 0. The van der Waals surface area contributed by atoms with Crippen molar-refractivity contribution in [2.45, 2.75) is 0 Å². The predicted octanol–water partition coefficient (Wildman–Crippen LogP) is -1.56. The summed E-state index contributed by atoms with van der Waals surface area (Å²) in [5, 5.41) is 0. The quantitative estimate of drug-likeness (QED) is 0.459. The van der Waals surface area contributed by atoms with E-state index in [9.17, 15) is 0 Å². The highest BCUT2D eigenvalue weighted by Gasteiger charge is 1.99. The molecule has 4 heteroatoms. The molecule has 2 nitrogen and oxygen atoms in total. The van der Waals surface area contributed by atoms with E-state index >= 15 is 0 Å². The maximum absolute atomic E-state index is 4.91. The molecule has 82 valence electrons. The number of quaternary nitrogens is 1. The van der Waals surface area contributed by atoms with Crippen LogP contribution in [0.4, 0.5) is 0 Å². The predicted molar refractivity (Wildman–Crippen MR) is 59.6 cm³/mol. The Hall–Kier alpha value is -0.0200. The zero-order chi connectivity index (χ0) is 9.33. The van der Waals surface area contributed by atoms with Gasteiger partial charge in [0.1, 0.15) is 0 Å². The molecule has 0 bridgehead atoms. The van der Waals surface area contributed by atoms with Crippen molar-refractivity contribution in [3.63, 3.8) is 0 Å². The number of nitrogens with zero attached hydrogens (tertiary/aromatic N) is 1. The topological polar surface area (TPSA) is 26.0 Å². The molecule has 0 atom stereocenters. The van der Waals surface area contributed by atoms with Crippen molar-refractivity contribution in [2.75, 3.05) is 34.2 Å². The molecular formula is C9H22Cl2N2. The summed E-state index contributed by atoms with van der Waals surface area (Å²) in [5.41, 5.74) is 4.91. The first-order chi connectivity index (χ1) is 4.97. The summed E-state index contributed by atoms with van der Waals surface area (Å²) >= 11 is 0. The van der Waals surface area contributed by atoms with Gasteiger partial charge < -0.3 is 22.6 Å². The van der Waals surface area contributed by atoms with Crippen LogP contribution in [0, 0.1) is 0 Å². The average Bonchev–Trinajstić information content (AvgIpc) is 1.86. The second-order valence-corrected chi connectivity index (χ2v) is 3.29. The van der Waals surface area contributed by atoms with Crippen molar-refractivity contribution < 1.29 is 16.9 Å². The molecule has 0 radical (unpaired) electrons. The van der Waals surface area contributed by atoms with Crippen LogP contribution in [0.2, 0.25) is 0 Å². The van der Waals surface area contributed by atoms with Crippen LogP contribution in [0.3, 0.4) is 0 Å². The van der Waals surface area contributed by atoms with Crippen LogP contribution in [0.25, 0.3) is 0 Å². The highest BCUT2D eigenvalue weighted by Crippen LogP contribution is 1.86. The van der Waals surface area contributed by atoms with Gasteiger partial charge in [-0.3, -0.25) is 0 Å². The lowest BCUT2D eigenvalue weighted by atomic mass is 10.5. The van der Waals surface area contributed by atoms with Crippen molar-refractivity contribution in [3.8, 4) is 0 Å². The van der Waals surface area contributed by atoms with E-state index in [1.807, 2.05) is 6.08 Å². The molecule has 0 aliphatic heterocycles. The molecule has 0 aromatic heterocycles. The minimum atomic E-state index is 0. The van der Waals surface area contributed by atoms with Gasteiger partial charge in [-0.05, 0) is 6.08 Å². The summed E-state index contributed by atoms with van der Waals surface area (Å²) in [6.45, 7) is 8.61. The maximum Gasteiger partial charge on any atom is 0.0964 e. The van der Waals surface area contributed by atoms with Crippen molar-refractivity contribution >= 4 is 12.4 Å². The minimum Gasteiger partial charge on any atom is -1.00 e. The van der Waals surface area contributed by atoms with Gasteiger partial charge >= 0.3 is 0 Å². The number of hydrogen-bond acceptors (Lipinski definition) is 1. The highest BCUT2D eigenvalue weighted by molar-refractivity contribution is 5.85. The Labute approximate surface area is 94.9 Å². The number of likely N-dealkylation sites (N-methyl/N-ethyl adjacent to an activating group) is 1. The highest BCUT2D eigenvalue weighted by atomic mass is 35.5. The molecule has 0 aliphatic carbocycles. The second-order valence-electron chi connectivity index (χ2n) is 3.29. The Balaban J connectivity index is -0.0000000600. The SMILES string of the molecule is C=CCN.C=CC[N+](C)(C)C.Cl.[Cl-]. The zero-order valence-electron chi connectivity index (χ0n) is 8.79. The third-order valence-corrected chi connectivity index (χ3v) is 0.843. The first-order valence-corrected chi connectivity index (χ1v) is 3.70. The first-order valence-electron chi connectivity index (χ1n) is 3.70. The molecule has 0 rings (SSSR count). The van der Waals surface area contributed by atoms with Gasteiger partial charge in [0.05, 0.1) is 27.7 Å². The zero-order valence-corrected chi connectivity index (χ0v) is 10.4. The lowest BCUT2D eigenvalue weighted by molar-refractivity contribution is -0.864. The van der Waals surface area contributed by atoms with Gasteiger partial charge in [-0.25, -0.2) is 0 Å². The van der Waals surface area contributed by atoms with E-state index in [4.69, 9.17) is 5.73 Å². The fourth-order valence-corrected chi connectivity index (χ4v) is 0.387. The molecule has 0 saturated heterocycles. The molecule has 13 heavy (non-hydrogen) atoms. The molecular weight excluding hydrogens is 207 g/mol. The van der Waals surface area contributed by atoms with E-state index in [0.717, 1.165) is 11.0 Å². The Bertz CT molecular complexity index is 109. The van der Waals surface area contributed by atoms with Gasteiger partial charge in [-0.15, -0.1) is 19.0 Å². The van der Waals surface area contributed by atoms with E-state index in [2.05, 4.69) is 34.3 Å². The van der Waals surface area contributed by atoms with Gasteiger partial charge in [0.25, 0.3) is 0 Å². The molecule has 0 heterocycles. The molecule has 2 N–H and O–H groups in total. The molecule has 0 aromatic carbocycles. The largest absolute Gasteiger partial charge is 1.00 e. The van der Waals surface area contributed by atoms with Gasteiger partial charge in [0.2, 0.25) is 0 Å². The summed E-state index contributed by atoms with van der Waals surface area (Å²) in [6.07, 6.45) is 3.58. The number of halogens is 2. The number of rotatable bonds is 3. The number of nitrogens with two attached hydrogens (primary N) is 1. The van der Waals surface area contributed by atoms with Gasteiger partial charge in [0.15, 0.2) is 0 Å². The Morgan fingerprint density at radius 2 is 1.46 bits per heavy atom. The molecule has 0 aromatic rings. The van der Waals surface area contributed by atoms with Crippen LogP contribution in [-0.4, -0.2) is 38.7 Å². The van der Waals surface area contributed by atoms with E-state index in [-0.39, 0.29) is 24.8 Å². The fourth-order valence-electron chi connectivity index (χ4n) is 0.387. The summed E-state index contributed by atoms with van der Waals surface area (Å²) in [5.74, 6) is 0. The van der Waals surface area contributed by atoms with Gasteiger partial charge in [-0.2, -0.15) is 0 Å². The molecule has 0 saturated carbocycles. The summed E-state index contributed by atoms with van der Waals surface area (Å²) in [7, 11) is 6.42. The van der Waals surface area contributed by atoms with Gasteiger partial charge in [-0.1, -0.05) is 12.7 Å². The monoisotopic (exact) mass is 228 g/mol. The summed E-state index contributed by atoms with van der Waals surface area (Å²) in [6, 6.07) is 0. The number of hydrogen-bond donors (Lipinski definition) is 1. The van der Waals surface area contributed by atoms with E-state index < -0.39 is 0 Å². The maximum atomic E-state index is 4.91. The normalized spacial score (nSPS) is 8.00. The fraction of sp³-hybridized carbons (Fsp3) is 0.556. The van der Waals surface area contributed by atoms with Crippen LogP contribution in [0.5, 0.6) is 0 Å². The van der Waals surface area contributed by atoms with Crippen molar-refractivity contribution in [1.29, 1.82) is 0 Å². The first kappa shape index (κ1) is 23.1. The summed E-state index contributed by atoms with van der Waals surface area (Å²) < 4.78 is 0.976. The Morgan fingerprint density at radius 1 is 1.15 bits per heavy atom. The van der Waals surface area contributed by atoms with Crippen LogP contribution in [0.15, 0.2) is 25.3 Å². The van der Waals surface area contributed by atoms with Crippen LogP contribution in [-0.2, 0) is 0 Å². The Kier molecular flexibility index (Phi) is 25.8. The van der Waals surface area contributed by atoms with E-state index in [1.165, 1.54) is 0 Å². The molecule has 0 spiro atoms. The van der Waals surface area contributed by atoms with Crippen LogP contribution >= 0.6 is 12.4 Å².